The highest BCUT2D eigenvalue weighted by atomic mass is 32.1. The number of ether oxygens (including phenoxy) is 2. The van der Waals surface area contributed by atoms with E-state index >= 15 is 0 Å². The van der Waals surface area contributed by atoms with Crippen LogP contribution in [-0.4, -0.2) is 49.2 Å². The Kier molecular flexibility index (Phi) is 5.64. The minimum Gasteiger partial charge on any atom is -0.384 e. The molecule has 0 aliphatic carbocycles. The molecule has 0 saturated heterocycles. The normalized spacial score (nSPS) is 10.8. The van der Waals surface area contributed by atoms with E-state index in [1.165, 1.54) is 11.3 Å². The molecule has 0 fully saturated rings. The van der Waals surface area contributed by atoms with Gasteiger partial charge in [0.25, 0.3) is 0 Å². The highest BCUT2D eigenvalue weighted by Gasteiger charge is 2.10. The van der Waals surface area contributed by atoms with Crippen LogP contribution in [0.3, 0.4) is 0 Å². The third-order valence-electron chi connectivity index (χ3n) is 2.29. The third-order valence-corrected chi connectivity index (χ3v) is 4.40. The number of methoxy groups -OCH3 is 2. The number of nitrogens with one attached hydrogen (secondary N) is 1. The molecule has 8 heteroatoms. The number of hydrogen-bond acceptors (Lipinski definition) is 8. The van der Waals surface area contributed by atoms with Crippen molar-refractivity contribution in [1.82, 2.24) is 15.2 Å². The van der Waals surface area contributed by atoms with Gasteiger partial charge in [-0.15, -0.1) is 21.5 Å². The van der Waals surface area contributed by atoms with Crippen LogP contribution in [0.4, 0.5) is 5.13 Å². The Balaban J connectivity index is 1.95. The number of anilines is 1. The van der Waals surface area contributed by atoms with Crippen LogP contribution in [0.15, 0.2) is 6.20 Å². The lowest BCUT2D eigenvalue weighted by molar-refractivity contribution is 0.202. The third kappa shape index (κ3) is 4.20. The molecule has 0 aliphatic heterocycles. The summed E-state index contributed by atoms with van der Waals surface area (Å²) in [5, 5.41) is 14.2. The summed E-state index contributed by atoms with van der Waals surface area (Å²) in [6.45, 7) is 2.07. The van der Waals surface area contributed by atoms with Gasteiger partial charge in [0, 0.05) is 33.4 Å². The van der Waals surface area contributed by atoms with Gasteiger partial charge in [0.15, 0.2) is 5.01 Å². The summed E-state index contributed by atoms with van der Waals surface area (Å²) in [4.78, 5) is 5.40. The van der Waals surface area contributed by atoms with Crippen molar-refractivity contribution in [3.05, 3.63) is 11.2 Å². The van der Waals surface area contributed by atoms with Crippen molar-refractivity contribution in [2.24, 2.45) is 0 Å². The van der Waals surface area contributed by atoms with Crippen molar-refractivity contribution in [2.75, 3.05) is 39.3 Å². The number of aromatic nitrogens is 3. The topological polar surface area (TPSA) is 69.2 Å². The molecule has 0 bridgehead atoms. The van der Waals surface area contributed by atoms with Crippen LogP contribution in [0, 0.1) is 0 Å². The summed E-state index contributed by atoms with van der Waals surface area (Å²) in [7, 11) is 3.36. The first-order chi connectivity index (χ1) is 9.33. The molecule has 6 nitrogen and oxygen atoms in total. The average Bonchev–Trinajstić information content (AvgIpc) is 3.05. The molecule has 104 valence electrons. The molecule has 2 aromatic rings. The maximum absolute atomic E-state index is 5.04. The van der Waals surface area contributed by atoms with Crippen LogP contribution in [-0.2, 0) is 15.9 Å². The summed E-state index contributed by atoms with van der Waals surface area (Å²) in [5.74, 6) is 0. The maximum atomic E-state index is 5.04. The van der Waals surface area contributed by atoms with E-state index in [1.54, 1.807) is 25.6 Å². The zero-order chi connectivity index (χ0) is 13.5. The molecule has 0 atom stereocenters. The van der Waals surface area contributed by atoms with E-state index in [4.69, 9.17) is 9.47 Å². The van der Waals surface area contributed by atoms with Crippen molar-refractivity contribution in [2.45, 2.75) is 6.42 Å². The van der Waals surface area contributed by atoms with Crippen molar-refractivity contribution in [3.63, 3.8) is 0 Å². The van der Waals surface area contributed by atoms with Gasteiger partial charge >= 0.3 is 0 Å². The van der Waals surface area contributed by atoms with Crippen molar-refractivity contribution >= 4 is 27.8 Å². The fraction of sp³-hybridized carbons (Fsp3) is 0.545. The largest absolute Gasteiger partial charge is 0.384 e. The zero-order valence-corrected chi connectivity index (χ0v) is 12.5. The second-order valence-corrected chi connectivity index (χ2v) is 5.79. The summed E-state index contributed by atoms with van der Waals surface area (Å²) >= 11 is 3.16. The Labute approximate surface area is 119 Å². The Hall–Kier alpha value is -1.09. The SMILES string of the molecule is COCCNc1nnc(-c2cnc(CCOC)s2)s1. The van der Waals surface area contributed by atoms with Gasteiger partial charge in [-0.05, 0) is 0 Å². The van der Waals surface area contributed by atoms with Gasteiger partial charge in [-0.3, -0.25) is 0 Å². The predicted octanol–water partition coefficient (Wildman–Crippen LogP) is 1.91. The Bertz CT molecular complexity index is 500. The number of nitrogens with zero attached hydrogens (tertiary/aromatic N) is 3. The molecule has 19 heavy (non-hydrogen) atoms. The Morgan fingerprint density at radius 2 is 2.00 bits per heavy atom. The molecule has 0 aromatic carbocycles. The first kappa shape index (κ1) is 14.3. The van der Waals surface area contributed by atoms with Crippen LogP contribution in [0.2, 0.25) is 0 Å². The van der Waals surface area contributed by atoms with E-state index in [9.17, 15) is 0 Å². The lowest BCUT2D eigenvalue weighted by Gasteiger charge is -1.98. The van der Waals surface area contributed by atoms with Crippen molar-refractivity contribution < 1.29 is 9.47 Å². The Morgan fingerprint density at radius 1 is 1.16 bits per heavy atom. The summed E-state index contributed by atoms with van der Waals surface area (Å²) in [6, 6.07) is 0. The molecular formula is C11H16N4O2S2. The van der Waals surface area contributed by atoms with Crippen LogP contribution in [0.5, 0.6) is 0 Å². The molecule has 0 spiro atoms. The quantitative estimate of drug-likeness (QED) is 0.751. The second kappa shape index (κ2) is 7.49. The summed E-state index contributed by atoms with van der Waals surface area (Å²) < 4.78 is 10.0. The van der Waals surface area contributed by atoms with Gasteiger partial charge in [0.2, 0.25) is 5.13 Å². The van der Waals surface area contributed by atoms with Gasteiger partial charge in [0.05, 0.1) is 23.1 Å². The standard InChI is InChI=1S/C11H16N4O2S2/c1-16-5-3-9-13-7-8(18-9)10-14-15-11(19-10)12-4-6-17-2/h7H,3-6H2,1-2H3,(H,12,15). The van der Waals surface area contributed by atoms with Gasteiger partial charge in [-0.2, -0.15) is 0 Å². The van der Waals surface area contributed by atoms with Crippen LogP contribution in [0.25, 0.3) is 9.88 Å². The molecule has 0 aliphatic rings. The van der Waals surface area contributed by atoms with E-state index in [0.29, 0.717) is 13.2 Å². The molecular weight excluding hydrogens is 284 g/mol. The smallest absolute Gasteiger partial charge is 0.206 e. The summed E-state index contributed by atoms with van der Waals surface area (Å²) in [5.41, 5.74) is 0. The van der Waals surface area contributed by atoms with E-state index < -0.39 is 0 Å². The minimum absolute atomic E-state index is 0.649. The van der Waals surface area contributed by atoms with Gasteiger partial charge in [0.1, 0.15) is 0 Å². The molecule has 0 radical (unpaired) electrons. The van der Waals surface area contributed by atoms with E-state index in [0.717, 1.165) is 33.0 Å². The minimum atomic E-state index is 0.649. The maximum Gasteiger partial charge on any atom is 0.206 e. The van der Waals surface area contributed by atoms with Gasteiger partial charge in [-0.1, -0.05) is 11.3 Å². The number of hydrogen-bond donors (Lipinski definition) is 1. The highest BCUT2D eigenvalue weighted by molar-refractivity contribution is 7.23. The first-order valence-corrected chi connectivity index (χ1v) is 7.47. The van der Waals surface area contributed by atoms with Crippen LogP contribution >= 0.6 is 22.7 Å². The van der Waals surface area contributed by atoms with Crippen molar-refractivity contribution in [1.29, 1.82) is 0 Å². The van der Waals surface area contributed by atoms with Gasteiger partial charge in [-0.25, -0.2) is 4.98 Å². The zero-order valence-electron chi connectivity index (χ0n) is 10.9. The first-order valence-electron chi connectivity index (χ1n) is 5.84. The lowest BCUT2D eigenvalue weighted by atomic mass is 10.5. The average molecular weight is 300 g/mol. The Morgan fingerprint density at radius 3 is 2.79 bits per heavy atom. The highest BCUT2D eigenvalue weighted by Crippen LogP contribution is 2.30. The fourth-order valence-electron chi connectivity index (χ4n) is 1.37. The van der Waals surface area contributed by atoms with E-state index in [-0.39, 0.29) is 0 Å². The molecule has 1 N–H and O–H groups in total. The molecule has 0 saturated carbocycles. The van der Waals surface area contributed by atoms with Gasteiger partial charge < -0.3 is 14.8 Å². The molecule has 0 unspecified atom stereocenters. The fourth-order valence-corrected chi connectivity index (χ4v) is 3.07. The molecule has 2 aromatic heterocycles. The van der Waals surface area contributed by atoms with Crippen molar-refractivity contribution in [3.8, 4) is 9.88 Å². The number of rotatable bonds is 8. The molecule has 2 heterocycles. The van der Waals surface area contributed by atoms with Crippen LogP contribution in [0.1, 0.15) is 5.01 Å². The monoisotopic (exact) mass is 300 g/mol. The molecule has 0 amide bonds. The predicted molar refractivity (Wildman–Crippen MR) is 77.0 cm³/mol. The molecule has 2 rings (SSSR count). The van der Waals surface area contributed by atoms with E-state index in [1.807, 2.05) is 6.20 Å². The lowest BCUT2D eigenvalue weighted by Crippen LogP contribution is -2.06. The van der Waals surface area contributed by atoms with E-state index in [2.05, 4.69) is 20.5 Å². The van der Waals surface area contributed by atoms with Crippen LogP contribution < -0.4 is 5.32 Å². The second-order valence-electron chi connectivity index (χ2n) is 3.69. The number of thiazole rings is 1. The summed E-state index contributed by atoms with van der Waals surface area (Å²) in [6.07, 6.45) is 2.67.